The number of carboxylic acids is 1. The Morgan fingerprint density at radius 3 is 2.52 bits per heavy atom. The van der Waals surface area contributed by atoms with Crippen molar-refractivity contribution in [2.24, 2.45) is 0 Å². The van der Waals surface area contributed by atoms with Gasteiger partial charge in [0.25, 0.3) is 0 Å². The van der Waals surface area contributed by atoms with E-state index in [9.17, 15) is 9.59 Å². The molecule has 7 heteroatoms. The molecule has 0 aliphatic heterocycles. The van der Waals surface area contributed by atoms with Crippen LogP contribution in [-0.2, 0) is 4.79 Å². The van der Waals surface area contributed by atoms with Crippen LogP contribution in [0.2, 0.25) is 0 Å². The van der Waals surface area contributed by atoms with Gasteiger partial charge < -0.3 is 15.7 Å². The Bertz CT molecular complexity index is 961. The lowest BCUT2D eigenvalue weighted by molar-refractivity contribution is -0.137. The summed E-state index contributed by atoms with van der Waals surface area (Å²) >= 11 is 0. The fourth-order valence-electron chi connectivity index (χ4n) is 2.82. The summed E-state index contributed by atoms with van der Waals surface area (Å²) in [6.07, 6.45) is 2.16. The molecule has 0 spiro atoms. The van der Waals surface area contributed by atoms with Crippen LogP contribution in [0.15, 0.2) is 54.7 Å². The maximum atomic E-state index is 12.2. The molecule has 7 nitrogen and oxygen atoms in total. The molecule has 0 aliphatic rings. The Hall–Kier alpha value is -3.35. The molecule has 0 saturated carbocycles. The van der Waals surface area contributed by atoms with E-state index < -0.39 is 11.5 Å². The number of fused-ring (bicyclic) bond motifs is 1. The quantitative estimate of drug-likeness (QED) is 0.618. The molecule has 1 aromatic heterocycles. The second-order valence-corrected chi connectivity index (χ2v) is 7.02. The summed E-state index contributed by atoms with van der Waals surface area (Å²) in [7, 11) is 0. The van der Waals surface area contributed by atoms with Gasteiger partial charge in [0.05, 0.1) is 17.4 Å². The zero-order valence-corrected chi connectivity index (χ0v) is 15.3. The molecule has 0 fully saturated rings. The molecule has 3 N–H and O–H groups in total. The van der Waals surface area contributed by atoms with Crippen molar-refractivity contribution in [3.63, 3.8) is 0 Å². The van der Waals surface area contributed by atoms with E-state index in [1.165, 1.54) is 0 Å². The Balaban J connectivity index is 1.65. The molecule has 0 radical (unpaired) electrons. The maximum absolute atomic E-state index is 12.2. The molecular weight excluding hydrogens is 344 g/mol. The number of carbonyl (C=O) groups excluding carboxylic acids is 1. The van der Waals surface area contributed by atoms with Gasteiger partial charge in [-0.1, -0.05) is 18.2 Å². The molecule has 3 rings (SSSR count). The summed E-state index contributed by atoms with van der Waals surface area (Å²) < 4.78 is 1.84. The van der Waals surface area contributed by atoms with E-state index in [0.29, 0.717) is 12.1 Å². The van der Waals surface area contributed by atoms with E-state index >= 15 is 0 Å². The van der Waals surface area contributed by atoms with E-state index in [-0.39, 0.29) is 12.5 Å². The Morgan fingerprint density at radius 1 is 1.11 bits per heavy atom. The fourth-order valence-corrected chi connectivity index (χ4v) is 2.82. The van der Waals surface area contributed by atoms with Crippen molar-refractivity contribution >= 4 is 28.6 Å². The summed E-state index contributed by atoms with van der Waals surface area (Å²) in [5.41, 5.74) is 1.93. The standard InChI is InChI=1S/C20H22N4O3/c1-20(2,12-11-18(25)26)23-19(27)22-15-7-9-16(10-8-15)24-17-6-4-3-5-14(17)13-21-24/h3-10,13H,11-12H2,1-2H3,(H,25,26)(H2,22,23,27). The highest BCUT2D eigenvalue weighted by Crippen LogP contribution is 2.19. The highest BCUT2D eigenvalue weighted by molar-refractivity contribution is 5.90. The fraction of sp³-hybridized carbons (Fsp3) is 0.250. The molecule has 27 heavy (non-hydrogen) atoms. The lowest BCUT2D eigenvalue weighted by Crippen LogP contribution is -2.45. The molecule has 0 bridgehead atoms. The topological polar surface area (TPSA) is 96.3 Å². The van der Waals surface area contributed by atoms with E-state index in [1.54, 1.807) is 26.0 Å². The molecule has 0 unspecified atom stereocenters. The van der Waals surface area contributed by atoms with Crippen LogP contribution in [0, 0.1) is 0 Å². The summed E-state index contributed by atoms with van der Waals surface area (Å²) in [4.78, 5) is 22.9. The average molecular weight is 366 g/mol. The van der Waals surface area contributed by atoms with Gasteiger partial charge in [-0.25, -0.2) is 9.48 Å². The molecular formula is C20H22N4O3. The normalized spacial score (nSPS) is 11.3. The van der Waals surface area contributed by atoms with Crippen LogP contribution in [0.4, 0.5) is 10.5 Å². The first-order valence-corrected chi connectivity index (χ1v) is 8.68. The predicted molar refractivity (Wildman–Crippen MR) is 104 cm³/mol. The van der Waals surface area contributed by atoms with E-state index in [1.807, 2.05) is 47.3 Å². The number of benzene rings is 2. The number of hydrogen-bond acceptors (Lipinski definition) is 3. The van der Waals surface area contributed by atoms with Crippen molar-refractivity contribution in [1.29, 1.82) is 0 Å². The minimum atomic E-state index is -0.882. The first kappa shape index (κ1) is 18.4. The van der Waals surface area contributed by atoms with Gasteiger partial charge in [0, 0.05) is 23.0 Å². The van der Waals surface area contributed by atoms with Gasteiger partial charge in [0.1, 0.15) is 0 Å². The van der Waals surface area contributed by atoms with Crippen molar-refractivity contribution in [1.82, 2.24) is 15.1 Å². The Kier molecular flexibility index (Phi) is 5.12. The summed E-state index contributed by atoms with van der Waals surface area (Å²) in [5.74, 6) is -0.882. The monoisotopic (exact) mass is 366 g/mol. The molecule has 0 atom stereocenters. The Labute approximate surface area is 157 Å². The van der Waals surface area contributed by atoms with Gasteiger partial charge in [0.2, 0.25) is 0 Å². The van der Waals surface area contributed by atoms with Crippen LogP contribution in [0.25, 0.3) is 16.6 Å². The number of hydrogen-bond donors (Lipinski definition) is 3. The number of para-hydroxylation sites is 1. The van der Waals surface area contributed by atoms with E-state index in [4.69, 9.17) is 5.11 Å². The average Bonchev–Trinajstić information content (AvgIpc) is 3.04. The van der Waals surface area contributed by atoms with Crippen molar-refractivity contribution in [2.75, 3.05) is 5.32 Å². The number of amides is 2. The summed E-state index contributed by atoms with van der Waals surface area (Å²) in [5, 5.41) is 19.8. The van der Waals surface area contributed by atoms with Crippen molar-refractivity contribution in [2.45, 2.75) is 32.2 Å². The third kappa shape index (κ3) is 4.63. The first-order valence-electron chi connectivity index (χ1n) is 8.68. The lowest BCUT2D eigenvalue weighted by Gasteiger charge is -2.25. The number of aliphatic carboxylic acids is 1. The summed E-state index contributed by atoms with van der Waals surface area (Å²) in [6, 6.07) is 14.9. The Morgan fingerprint density at radius 2 is 1.81 bits per heavy atom. The highest BCUT2D eigenvalue weighted by atomic mass is 16.4. The molecule has 2 amide bonds. The maximum Gasteiger partial charge on any atom is 0.319 e. The molecule has 3 aromatic rings. The van der Waals surface area contributed by atoms with E-state index in [2.05, 4.69) is 15.7 Å². The van der Waals surface area contributed by atoms with Crippen LogP contribution in [0.5, 0.6) is 0 Å². The van der Waals surface area contributed by atoms with Gasteiger partial charge in [-0.3, -0.25) is 4.79 Å². The number of nitrogens with one attached hydrogen (secondary N) is 2. The first-order chi connectivity index (χ1) is 12.8. The lowest BCUT2D eigenvalue weighted by atomic mass is 9.99. The number of carbonyl (C=O) groups is 2. The summed E-state index contributed by atoms with van der Waals surface area (Å²) in [6.45, 7) is 3.59. The van der Waals surface area contributed by atoms with Crippen LogP contribution in [-0.4, -0.2) is 32.4 Å². The van der Waals surface area contributed by atoms with Crippen LogP contribution >= 0.6 is 0 Å². The number of anilines is 1. The van der Waals surface area contributed by atoms with Crippen LogP contribution in [0.1, 0.15) is 26.7 Å². The van der Waals surface area contributed by atoms with Crippen molar-refractivity contribution < 1.29 is 14.7 Å². The largest absolute Gasteiger partial charge is 0.481 e. The van der Waals surface area contributed by atoms with Crippen molar-refractivity contribution in [3.8, 4) is 5.69 Å². The second kappa shape index (κ2) is 7.49. The van der Waals surface area contributed by atoms with E-state index in [0.717, 1.165) is 16.6 Å². The van der Waals surface area contributed by atoms with Gasteiger partial charge >= 0.3 is 12.0 Å². The number of nitrogens with zero attached hydrogens (tertiary/aromatic N) is 2. The number of rotatable bonds is 6. The smallest absolute Gasteiger partial charge is 0.319 e. The SMILES string of the molecule is CC(C)(CCC(=O)O)NC(=O)Nc1ccc(-n2ncc3ccccc32)cc1. The third-order valence-corrected chi connectivity index (χ3v) is 4.26. The third-order valence-electron chi connectivity index (χ3n) is 4.26. The van der Waals surface area contributed by atoms with Gasteiger partial charge in [-0.2, -0.15) is 5.10 Å². The minimum Gasteiger partial charge on any atom is -0.481 e. The highest BCUT2D eigenvalue weighted by Gasteiger charge is 2.21. The second-order valence-electron chi connectivity index (χ2n) is 7.02. The number of aromatic nitrogens is 2. The predicted octanol–water partition coefficient (Wildman–Crippen LogP) is 3.79. The van der Waals surface area contributed by atoms with Crippen molar-refractivity contribution in [3.05, 3.63) is 54.7 Å². The number of urea groups is 1. The molecule has 1 heterocycles. The minimum absolute atomic E-state index is 0.000195. The zero-order chi connectivity index (χ0) is 19.4. The zero-order valence-electron chi connectivity index (χ0n) is 15.3. The molecule has 2 aromatic carbocycles. The van der Waals surface area contributed by atoms with Crippen LogP contribution in [0.3, 0.4) is 0 Å². The van der Waals surface area contributed by atoms with Gasteiger partial charge in [-0.05, 0) is 50.6 Å². The molecule has 0 aliphatic carbocycles. The van der Waals surface area contributed by atoms with Gasteiger partial charge in [-0.15, -0.1) is 0 Å². The van der Waals surface area contributed by atoms with Gasteiger partial charge in [0.15, 0.2) is 0 Å². The molecule has 140 valence electrons. The molecule has 0 saturated heterocycles. The van der Waals surface area contributed by atoms with Crippen LogP contribution < -0.4 is 10.6 Å². The number of carboxylic acid groups (broad SMARTS) is 1.